The Balaban J connectivity index is 0.00000312. The van der Waals surface area contributed by atoms with E-state index in [-0.39, 0.29) is 36.0 Å². The molecule has 1 aliphatic carbocycles. The first-order valence-corrected chi connectivity index (χ1v) is 9.21. The van der Waals surface area contributed by atoms with E-state index in [1.807, 2.05) is 0 Å². The van der Waals surface area contributed by atoms with Crippen molar-refractivity contribution in [2.24, 2.45) is 4.99 Å². The number of amides is 1. The summed E-state index contributed by atoms with van der Waals surface area (Å²) in [5.74, 6) is 0.852. The molecule has 8 heteroatoms. The maximum absolute atomic E-state index is 11.9. The van der Waals surface area contributed by atoms with Crippen LogP contribution in [0, 0.1) is 0 Å². The smallest absolute Gasteiger partial charge is 0.221 e. The van der Waals surface area contributed by atoms with E-state index in [0.29, 0.717) is 19.0 Å². The highest BCUT2D eigenvalue weighted by Crippen LogP contribution is 2.17. The number of nitrogens with one attached hydrogen (secondary N) is 3. The fraction of sp³-hybridized carbons (Fsp3) is 0.882. The molecule has 0 spiro atoms. The Bertz CT molecular complexity index is 397. The van der Waals surface area contributed by atoms with Gasteiger partial charge in [0.05, 0.1) is 12.7 Å². The summed E-state index contributed by atoms with van der Waals surface area (Å²) in [5, 5.41) is 9.50. The van der Waals surface area contributed by atoms with Gasteiger partial charge < -0.3 is 25.4 Å². The van der Waals surface area contributed by atoms with Crippen molar-refractivity contribution in [3.8, 4) is 0 Å². The molecule has 25 heavy (non-hydrogen) atoms. The number of halogens is 1. The van der Waals surface area contributed by atoms with Gasteiger partial charge in [-0.3, -0.25) is 9.79 Å². The molecule has 2 rings (SSSR count). The van der Waals surface area contributed by atoms with Crippen LogP contribution in [0.1, 0.15) is 44.9 Å². The molecule has 1 saturated carbocycles. The van der Waals surface area contributed by atoms with Gasteiger partial charge in [0.15, 0.2) is 5.96 Å². The molecular formula is C17H33IN4O3. The zero-order valence-electron chi connectivity index (χ0n) is 15.2. The lowest BCUT2D eigenvalue weighted by Crippen LogP contribution is -2.41. The molecule has 0 bridgehead atoms. The van der Waals surface area contributed by atoms with E-state index in [1.54, 1.807) is 7.05 Å². The summed E-state index contributed by atoms with van der Waals surface area (Å²) >= 11 is 0. The molecule has 1 heterocycles. The second-order valence-electron chi connectivity index (χ2n) is 6.43. The molecule has 1 aliphatic heterocycles. The molecule has 3 N–H and O–H groups in total. The predicted octanol–water partition coefficient (Wildman–Crippen LogP) is 1.41. The third kappa shape index (κ3) is 9.60. The number of nitrogens with zero attached hydrogens (tertiary/aromatic N) is 1. The quantitative estimate of drug-likeness (QED) is 0.206. The highest BCUT2D eigenvalue weighted by Gasteiger charge is 2.17. The van der Waals surface area contributed by atoms with E-state index in [0.717, 1.165) is 58.0 Å². The van der Waals surface area contributed by atoms with Gasteiger partial charge in [-0.2, -0.15) is 0 Å². The van der Waals surface area contributed by atoms with E-state index in [4.69, 9.17) is 9.47 Å². The van der Waals surface area contributed by atoms with Crippen LogP contribution in [0.15, 0.2) is 4.99 Å². The van der Waals surface area contributed by atoms with Gasteiger partial charge in [0, 0.05) is 45.8 Å². The second kappa shape index (κ2) is 13.6. The van der Waals surface area contributed by atoms with Crippen molar-refractivity contribution in [1.29, 1.82) is 0 Å². The lowest BCUT2D eigenvalue weighted by atomic mass is 10.2. The van der Waals surface area contributed by atoms with Gasteiger partial charge in [0.25, 0.3) is 0 Å². The van der Waals surface area contributed by atoms with Crippen LogP contribution in [0.3, 0.4) is 0 Å². The average Bonchev–Trinajstić information content (AvgIpc) is 3.26. The SMILES string of the molecule is CN=C(NCCCOC1CCOC1)NCCC(=O)NC1CCCC1.I. The zero-order valence-corrected chi connectivity index (χ0v) is 17.6. The maximum atomic E-state index is 11.9. The molecular weight excluding hydrogens is 435 g/mol. The molecule has 1 unspecified atom stereocenters. The van der Waals surface area contributed by atoms with E-state index in [9.17, 15) is 4.79 Å². The molecule has 1 atom stereocenters. The fourth-order valence-corrected chi connectivity index (χ4v) is 3.06. The van der Waals surface area contributed by atoms with Crippen LogP contribution in [0.25, 0.3) is 0 Å². The summed E-state index contributed by atoms with van der Waals surface area (Å²) in [6.45, 7) is 3.64. The number of aliphatic imine (C=N–C) groups is 1. The number of rotatable bonds is 9. The summed E-state index contributed by atoms with van der Waals surface area (Å²) in [4.78, 5) is 16.0. The number of carbonyl (C=O) groups excluding carboxylic acids is 1. The van der Waals surface area contributed by atoms with Crippen molar-refractivity contribution in [3.05, 3.63) is 0 Å². The molecule has 1 saturated heterocycles. The number of carbonyl (C=O) groups is 1. The van der Waals surface area contributed by atoms with Crippen molar-refractivity contribution in [3.63, 3.8) is 0 Å². The Kier molecular flexibility index (Phi) is 12.2. The lowest BCUT2D eigenvalue weighted by molar-refractivity contribution is -0.121. The van der Waals surface area contributed by atoms with E-state index < -0.39 is 0 Å². The minimum Gasteiger partial charge on any atom is -0.379 e. The maximum Gasteiger partial charge on any atom is 0.221 e. The molecule has 0 aromatic heterocycles. The minimum atomic E-state index is 0. The van der Waals surface area contributed by atoms with Gasteiger partial charge >= 0.3 is 0 Å². The molecule has 2 aliphatic rings. The monoisotopic (exact) mass is 468 g/mol. The Hall–Kier alpha value is -0.610. The topological polar surface area (TPSA) is 84.0 Å². The molecule has 2 fully saturated rings. The lowest BCUT2D eigenvalue weighted by Gasteiger charge is -2.14. The number of ether oxygens (including phenoxy) is 2. The van der Waals surface area contributed by atoms with E-state index >= 15 is 0 Å². The Morgan fingerprint density at radius 2 is 1.96 bits per heavy atom. The predicted molar refractivity (Wildman–Crippen MR) is 110 cm³/mol. The Morgan fingerprint density at radius 3 is 2.64 bits per heavy atom. The highest BCUT2D eigenvalue weighted by atomic mass is 127. The van der Waals surface area contributed by atoms with Gasteiger partial charge in [-0.1, -0.05) is 12.8 Å². The summed E-state index contributed by atoms with van der Waals surface area (Å²) in [6.07, 6.45) is 7.37. The number of guanidine groups is 1. The van der Waals surface area contributed by atoms with Crippen LogP contribution in [0.2, 0.25) is 0 Å². The van der Waals surface area contributed by atoms with Crippen LogP contribution < -0.4 is 16.0 Å². The average molecular weight is 468 g/mol. The first kappa shape index (κ1) is 22.4. The van der Waals surface area contributed by atoms with Crippen molar-refractivity contribution >= 4 is 35.8 Å². The Labute approximate surface area is 168 Å². The van der Waals surface area contributed by atoms with Crippen LogP contribution >= 0.6 is 24.0 Å². The second-order valence-corrected chi connectivity index (χ2v) is 6.43. The normalized spacial score (nSPS) is 21.0. The number of hydrogen-bond donors (Lipinski definition) is 3. The molecule has 146 valence electrons. The van der Waals surface area contributed by atoms with Crippen molar-refractivity contribution in [2.45, 2.75) is 57.1 Å². The third-order valence-corrected chi connectivity index (χ3v) is 4.44. The Morgan fingerprint density at radius 1 is 1.20 bits per heavy atom. The molecule has 0 radical (unpaired) electrons. The summed E-state index contributed by atoms with van der Waals surface area (Å²) in [7, 11) is 1.74. The van der Waals surface area contributed by atoms with Crippen molar-refractivity contribution in [1.82, 2.24) is 16.0 Å². The summed E-state index contributed by atoms with van der Waals surface area (Å²) in [6, 6.07) is 0.389. The summed E-state index contributed by atoms with van der Waals surface area (Å²) < 4.78 is 11.0. The van der Waals surface area contributed by atoms with Gasteiger partial charge in [0.2, 0.25) is 5.91 Å². The van der Waals surface area contributed by atoms with Gasteiger partial charge in [-0.25, -0.2) is 0 Å². The molecule has 7 nitrogen and oxygen atoms in total. The van der Waals surface area contributed by atoms with Crippen molar-refractivity contribution in [2.75, 3.05) is 40.0 Å². The fourth-order valence-electron chi connectivity index (χ4n) is 3.06. The first-order chi connectivity index (χ1) is 11.8. The first-order valence-electron chi connectivity index (χ1n) is 9.21. The number of hydrogen-bond acceptors (Lipinski definition) is 4. The molecule has 0 aromatic carbocycles. The minimum absolute atomic E-state index is 0. The van der Waals surface area contributed by atoms with Gasteiger partial charge in [0.1, 0.15) is 0 Å². The summed E-state index contributed by atoms with van der Waals surface area (Å²) in [5.41, 5.74) is 0. The zero-order chi connectivity index (χ0) is 17.0. The van der Waals surface area contributed by atoms with Gasteiger partial charge in [-0.05, 0) is 25.7 Å². The molecule has 1 amide bonds. The molecule has 0 aromatic rings. The van der Waals surface area contributed by atoms with Crippen LogP contribution in [0.4, 0.5) is 0 Å². The van der Waals surface area contributed by atoms with Crippen LogP contribution in [0.5, 0.6) is 0 Å². The highest BCUT2D eigenvalue weighted by molar-refractivity contribution is 14.0. The van der Waals surface area contributed by atoms with Crippen molar-refractivity contribution < 1.29 is 14.3 Å². The van der Waals surface area contributed by atoms with E-state index in [2.05, 4.69) is 20.9 Å². The third-order valence-electron chi connectivity index (χ3n) is 4.44. The standard InChI is InChI=1S/C17H32N4O3.HI/c1-18-17(19-9-4-11-24-15-8-12-23-13-15)20-10-7-16(22)21-14-5-2-3-6-14;/h14-15H,2-13H2,1H3,(H,21,22)(H2,18,19,20);1H. The van der Waals surface area contributed by atoms with Gasteiger partial charge in [-0.15, -0.1) is 24.0 Å². The van der Waals surface area contributed by atoms with Crippen LogP contribution in [-0.2, 0) is 14.3 Å². The van der Waals surface area contributed by atoms with Crippen LogP contribution in [-0.4, -0.2) is 64.0 Å². The van der Waals surface area contributed by atoms with E-state index in [1.165, 1.54) is 12.8 Å². The largest absolute Gasteiger partial charge is 0.379 e.